The van der Waals surface area contributed by atoms with Gasteiger partial charge in [0.1, 0.15) is 16.6 Å². The lowest BCUT2D eigenvalue weighted by atomic mass is 9.90. The zero-order chi connectivity index (χ0) is 23.3. The molecular formula is C25H36N4O3. The van der Waals surface area contributed by atoms with Crippen molar-refractivity contribution in [1.29, 1.82) is 0 Å². The molecule has 0 aliphatic carbocycles. The van der Waals surface area contributed by atoms with Crippen molar-refractivity contribution in [1.82, 2.24) is 20.3 Å². The van der Waals surface area contributed by atoms with Crippen LogP contribution in [0.5, 0.6) is 5.88 Å². The second-order valence-electron chi connectivity index (χ2n) is 9.79. The van der Waals surface area contributed by atoms with E-state index in [1.807, 2.05) is 26.8 Å². The lowest BCUT2D eigenvalue weighted by molar-refractivity contribution is 0.0525. The van der Waals surface area contributed by atoms with E-state index in [1.165, 1.54) is 12.0 Å². The zero-order valence-corrected chi connectivity index (χ0v) is 20.1. The summed E-state index contributed by atoms with van der Waals surface area (Å²) in [4.78, 5) is 24.3. The molecule has 1 aromatic carbocycles. The molecule has 3 rings (SSSR count). The van der Waals surface area contributed by atoms with Gasteiger partial charge in [0.15, 0.2) is 0 Å². The summed E-state index contributed by atoms with van der Waals surface area (Å²) in [5, 5.41) is 3.84. The largest absolute Gasteiger partial charge is 0.476 e. The van der Waals surface area contributed by atoms with Crippen molar-refractivity contribution >= 4 is 28.0 Å². The number of benzene rings is 1. The van der Waals surface area contributed by atoms with Crippen LogP contribution in [0.2, 0.25) is 0 Å². The van der Waals surface area contributed by atoms with E-state index in [0.29, 0.717) is 37.3 Å². The zero-order valence-electron chi connectivity index (χ0n) is 20.1. The molecule has 2 aromatic heterocycles. The highest BCUT2D eigenvalue weighted by molar-refractivity contribution is 6.06. The Bertz CT molecular complexity index is 1050. The molecule has 1 unspecified atom stereocenters. The van der Waals surface area contributed by atoms with E-state index < -0.39 is 11.7 Å². The third-order valence-electron chi connectivity index (χ3n) is 5.32. The van der Waals surface area contributed by atoms with Gasteiger partial charge in [-0.25, -0.2) is 14.8 Å². The highest BCUT2D eigenvalue weighted by Gasteiger charge is 2.18. The monoisotopic (exact) mass is 440 g/mol. The van der Waals surface area contributed by atoms with Crippen molar-refractivity contribution in [3.63, 3.8) is 0 Å². The van der Waals surface area contributed by atoms with Gasteiger partial charge < -0.3 is 19.8 Å². The number of hydrogen-bond acceptors (Lipinski definition) is 5. The Balaban J connectivity index is 1.71. The summed E-state index contributed by atoms with van der Waals surface area (Å²) in [6.45, 7) is 13.2. The first kappa shape index (κ1) is 23.8. The van der Waals surface area contributed by atoms with Crippen LogP contribution < -0.4 is 10.1 Å². The molecule has 0 aliphatic rings. The molecule has 0 aliphatic heterocycles. The second-order valence-corrected chi connectivity index (χ2v) is 9.79. The van der Waals surface area contributed by atoms with Gasteiger partial charge >= 0.3 is 6.09 Å². The fourth-order valence-corrected chi connectivity index (χ4v) is 3.72. The van der Waals surface area contributed by atoms with Gasteiger partial charge in [0, 0.05) is 11.9 Å². The van der Waals surface area contributed by atoms with Crippen LogP contribution in [0.25, 0.3) is 21.9 Å². The molecule has 2 heterocycles. The first-order valence-electron chi connectivity index (χ1n) is 11.5. The summed E-state index contributed by atoms with van der Waals surface area (Å²) in [5.74, 6) is 1.64. The lowest BCUT2D eigenvalue weighted by Crippen LogP contribution is -2.33. The number of fused-ring (bicyclic) bond motifs is 3. The van der Waals surface area contributed by atoms with Crippen LogP contribution in [-0.2, 0) is 4.74 Å². The predicted octanol–water partition coefficient (Wildman–Crippen LogP) is 5.94. The molecule has 0 saturated heterocycles. The van der Waals surface area contributed by atoms with Crippen LogP contribution in [0.3, 0.4) is 0 Å². The normalized spacial score (nSPS) is 13.0. The molecular weight excluding hydrogens is 404 g/mol. The molecule has 0 saturated carbocycles. The molecule has 7 nitrogen and oxygen atoms in total. The molecule has 2 N–H and O–H groups in total. The molecule has 0 fully saturated rings. The van der Waals surface area contributed by atoms with Crippen molar-refractivity contribution in [2.75, 3.05) is 13.2 Å². The number of nitrogens with one attached hydrogen (secondary N) is 2. The maximum atomic E-state index is 11.7. The Labute approximate surface area is 190 Å². The van der Waals surface area contributed by atoms with Gasteiger partial charge in [0.2, 0.25) is 5.88 Å². The van der Waals surface area contributed by atoms with E-state index in [1.54, 1.807) is 6.33 Å². The number of H-pyrrole nitrogens is 1. The average Bonchev–Trinajstić information content (AvgIpc) is 3.20. The van der Waals surface area contributed by atoms with Gasteiger partial charge in [0.05, 0.1) is 18.5 Å². The van der Waals surface area contributed by atoms with Crippen LogP contribution in [0, 0.1) is 5.92 Å². The number of nitrogens with zero attached hydrogens (tertiary/aromatic N) is 2. The summed E-state index contributed by atoms with van der Waals surface area (Å²) in [6.07, 6.45) is 4.23. The molecule has 3 aromatic rings. The van der Waals surface area contributed by atoms with Crippen LogP contribution in [0.1, 0.15) is 72.3 Å². The molecule has 32 heavy (non-hydrogen) atoms. The van der Waals surface area contributed by atoms with E-state index in [2.05, 4.69) is 48.2 Å². The SMILES string of the molecule is CC(C)CCC(C)c1cccc2nc(OCCCNC(=O)OC(C)(C)C)c3[nH]cnc3c12. The topological polar surface area (TPSA) is 89.1 Å². The Morgan fingerprint density at radius 1 is 1.19 bits per heavy atom. The number of hydrogen-bond donors (Lipinski definition) is 2. The predicted molar refractivity (Wildman–Crippen MR) is 128 cm³/mol. The highest BCUT2D eigenvalue weighted by Crippen LogP contribution is 2.35. The minimum Gasteiger partial charge on any atom is -0.476 e. The lowest BCUT2D eigenvalue weighted by Gasteiger charge is -2.19. The molecule has 0 spiro atoms. The molecule has 0 radical (unpaired) electrons. The van der Waals surface area contributed by atoms with Gasteiger partial charge in [-0.2, -0.15) is 0 Å². The molecule has 0 bridgehead atoms. The van der Waals surface area contributed by atoms with Crippen LogP contribution in [0.4, 0.5) is 4.79 Å². The minimum absolute atomic E-state index is 0.420. The third kappa shape index (κ3) is 6.11. The standard InChI is InChI=1S/C25H36N4O3/c1-16(2)11-12-17(3)18-9-7-10-19-20(18)21-22(28-15-27-21)23(29-19)31-14-8-13-26-24(30)32-25(4,5)6/h7,9-10,15-17H,8,11-14H2,1-6H3,(H,26,30)(H,27,28). The Hall–Kier alpha value is -2.83. The number of amides is 1. The van der Waals surface area contributed by atoms with Crippen molar-refractivity contribution in [2.45, 2.75) is 72.3 Å². The average molecular weight is 441 g/mol. The van der Waals surface area contributed by atoms with Crippen molar-refractivity contribution in [3.05, 3.63) is 30.1 Å². The number of aromatic nitrogens is 3. The summed E-state index contributed by atoms with van der Waals surface area (Å²) < 4.78 is 11.2. The summed E-state index contributed by atoms with van der Waals surface area (Å²) in [6, 6.07) is 6.26. The van der Waals surface area contributed by atoms with E-state index >= 15 is 0 Å². The van der Waals surface area contributed by atoms with Gasteiger partial charge in [-0.05, 0) is 57.1 Å². The van der Waals surface area contributed by atoms with Crippen molar-refractivity contribution in [3.8, 4) is 5.88 Å². The van der Waals surface area contributed by atoms with Gasteiger partial charge in [0.25, 0.3) is 0 Å². The number of ether oxygens (including phenoxy) is 2. The van der Waals surface area contributed by atoms with Crippen LogP contribution in [0.15, 0.2) is 24.5 Å². The molecule has 1 atom stereocenters. The highest BCUT2D eigenvalue weighted by atomic mass is 16.6. The second kappa shape index (κ2) is 10.2. The van der Waals surface area contributed by atoms with E-state index in [-0.39, 0.29) is 0 Å². The van der Waals surface area contributed by atoms with Crippen LogP contribution >= 0.6 is 0 Å². The fourth-order valence-electron chi connectivity index (χ4n) is 3.72. The Kier molecular flexibility index (Phi) is 7.59. The van der Waals surface area contributed by atoms with Gasteiger partial charge in [-0.3, -0.25) is 0 Å². The third-order valence-corrected chi connectivity index (χ3v) is 5.32. The number of aromatic amines is 1. The smallest absolute Gasteiger partial charge is 0.407 e. The number of carbonyl (C=O) groups excluding carboxylic acids is 1. The first-order valence-corrected chi connectivity index (χ1v) is 11.5. The van der Waals surface area contributed by atoms with E-state index in [4.69, 9.17) is 14.5 Å². The summed E-state index contributed by atoms with van der Waals surface area (Å²) in [5.41, 5.74) is 3.36. The summed E-state index contributed by atoms with van der Waals surface area (Å²) >= 11 is 0. The van der Waals surface area contributed by atoms with Gasteiger partial charge in [-0.1, -0.05) is 39.3 Å². The molecule has 1 amide bonds. The fraction of sp³-hybridized carbons (Fsp3) is 0.560. The Morgan fingerprint density at radius 3 is 2.69 bits per heavy atom. The maximum Gasteiger partial charge on any atom is 0.407 e. The Morgan fingerprint density at radius 2 is 1.97 bits per heavy atom. The molecule has 174 valence electrons. The number of rotatable bonds is 9. The number of imidazole rings is 1. The van der Waals surface area contributed by atoms with E-state index in [9.17, 15) is 4.79 Å². The summed E-state index contributed by atoms with van der Waals surface area (Å²) in [7, 11) is 0. The number of pyridine rings is 1. The number of carbonyl (C=O) groups is 1. The number of alkyl carbamates (subject to hydrolysis) is 1. The van der Waals surface area contributed by atoms with Gasteiger partial charge in [-0.15, -0.1) is 0 Å². The minimum atomic E-state index is -0.507. The van der Waals surface area contributed by atoms with Crippen molar-refractivity contribution < 1.29 is 14.3 Å². The first-order chi connectivity index (χ1) is 15.2. The molecule has 7 heteroatoms. The van der Waals surface area contributed by atoms with E-state index in [0.717, 1.165) is 28.4 Å². The quantitative estimate of drug-likeness (QED) is 0.402. The van der Waals surface area contributed by atoms with Crippen molar-refractivity contribution in [2.24, 2.45) is 5.92 Å². The van der Waals surface area contributed by atoms with Crippen LogP contribution in [-0.4, -0.2) is 39.8 Å². The maximum absolute atomic E-state index is 11.7.